The van der Waals surface area contributed by atoms with E-state index >= 15 is 0 Å². The van der Waals surface area contributed by atoms with Gasteiger partial charge in [0.05, 0.1) is 22.9 Å². The molecule has 2 aliphatic heterocycles. The molecule has 0 amide bonds. The molecule has 3 atom stereocenters. The molecule has 140 valence electrons. The van der Waals surface area contributed by atoms with Crippen LogP contribution in [0.5, 0.6) is 0 Å². The maximum Gasteiger partial charge on any atom is 0.490 e. The summed E-state index contributed by atoms with van der Waals surface area (Å²) in [6, 6.07) is 5.44. The fourth-order valence-corrected chi connectivity index (χ4v) is 2.90. The third kappa shape index (κ3) is 3.32. The zero-order valence-electron chi connectivity index (χ0n) is 13.7. The Hall–Kier alpha value is -3.45. The van der Waals surface area contributed by atoms with Crippen LogP contribution < -0.4 is 5.43 Å². The number of nitrogens with zero attached hydrogens (tertiary/aromatic N) is 6. The number of hydrogen-bond donors (Lipinski definition) is 1. The van der Waals surface area contributed by atoms with E-state index in [2.05, 4.69) is 20.6 Å². The SMILES string of the molecule is O=[N+]([O-])c1ccc(N/N=C2\C[C@H](n3cnc([N+](=O)[O-])n3)[C@@H]3CO[C@@H]2O3)cc1. The summed E-state index contributed by atoms with van der Waals surface area (Å²) in [6.45, 7) is 0.305. The molecule has 0 spiro atoms. The van der Waals surface area contributed by atoms with E-state index in [1.165, 1.54) is 35.3 Å². The molecule has 2 fully saturated rings. The number of nitrogens with one attached hydrogen (secondary N) is 1. The standard InChI is InChI=1S/C14H13N7O6/c22-20(23)9-3-1-8(2-4-9)16-17-10-5-11(12-6-26-13(10)27-12)19-7-15-14(18-19)21(24)25/h1-4,7,11-13,16H,5-6H2/b17-10+/t11-,12-,13+/m0/s1. The van der Waals surface area contributed by atoms with Crippen LogP contribution in [0.3, 0.4) is 0 Å². The largest absolute Gasteiger partial charge is 0.490 e. The highest BCUT2D eigenvalue weighted by molar-refractivity contribution is 5.89. The zero-order chi connectivity index (χ0) is 19.0. The summed E-state index contributed by atoms with van der Waals surface area (Å²) in [6.07, 6.45) is 0.757. The molecule has 0 saturated carbocycles. The number of rotatable bonds is 5. The van der Waals surface area contributed by atoms with Crippen molar-refractivity contribution < 1.29 is 19.3 Å². The predicted molar refractivity (Wildman–Crippen MR) is 89.1 cm³/mol. The van der Waals surface area contributed by atoms with Gasteiger partial charge in [-0.05, 0) is 17.1 Å². The van der Waals surface area contributed by atoms with Gasteiger partial charge in [-0.2, -0.15) is 9.78 Å². The van der Waals surface area contributed by atoms with E-state index in [-0.39, 0.29) is 17.8 Å². The van der Waals surface area contributed by atoms with Crippen LogP contribution in [-0.2, 0) is 9.47 Å². The number of nitro benzene ring substituents is 1. The molecule has 0 unspecified atom stereocenters. The summed E-state index contributed by atoms with van der Waals surface area (Å²) in [5, 5.41) is 29.6. The Balaban J connectivity index is 1.51. The summed E-state index contributed by atoms with van der Waals surface area (Å²) in [5.41, 5.74) is 3.89. The van der Waals surface area contributed by atoms with E-state index in [1.807, 2.05) is 0 Å². The van der Waals surface area contributed by atoms with E-state index in [0.717, 1.165) is 0 Å². The first-order valence-corrected chi connectivity index (χ1v) is 7.91. The molecule has 3 heterocycles. The van der Waals surface area contributed by atoms with Crippen molar-refractivity contribution in [2.45, 2.75) is 24.9 Å². The highest BCUT2D eigenvalue weighted by atomic mass is 16.7. The lowest BCUT2D eigenvalue weighted by Crippen LogP contribution is -2.37. The highest BCUT2D eigenvalue weighted by Gasteiger charge is 2.44. The number of hydrazone groups is 1. The van der Waals surface area contributed by atoms with Gasteiger partial charge < -0.3 is 19.6 Å². The second-order valence-electron chi connectivity index (χ2n) is 5.91. The van der Waals surface area contributed by atoms with Gasteiger partial charge in [-0.15, -0.1) is 0 Å². The van der Waals surface area contributed by atoms with Gasteiger partial charge in [0.1, 0.15) is 12.1 Å². The molecule has 2 bridgehead atoms. The number of benzene rings is 1. The van der Waals surface area contributed by atoms with Gasteiger partial charge in [-0.1, -0.05) is 4.98 Å². The summed E-state index contributed by atoms with van der Waals surface area (Å²) < 4.78 is 12.7. The Morgan fingerprint density at radius 3 is 2.67 bits per heavy atom. The average molecular weight is 375 g/mol. The van der Waals surface area contributed by atoms with E-state index in [4.69, 9.17) is 9.47 Å². The number of hydrogen-bond acceptors (Lipinski definition) is 10. The molecule has 4 rings (SSSR count). The second kappa shape index (κ2) is 6.69. The fraction of sp³-hybridized carbons (Fsp3) is 0.357. The Labute approximate surface area is 150 Å². The first-order valence-electron chi connectivity index (χ1n) is 7.91. The van der Waals surface area contributed by atoms with Gasteiger partial charge in [-0.25, -0.2) is 0 Å². The van der Waals surface area contributed by atoms with Crippen LogP contribution >= 0.6 is 0 Å². The number of non-ortho nitro benzene ring substituents is 1. The summed E-state index contributed by atoms with van der Waals surface area (Å²) in [4.78, 5) is 24.0. The van der Waals surface area contributed by atoms with Gasteiger partial charge in [0.15, 0.2) is 6.29 Å². The molecule has 2 aliphatic rings. The van der Waals surface area contributed by atoms with E-state index in [1.54, 1.807) is 0 Å². The molecule has 0 radical (unpaired) electrons. The van der Waals surface area contributed by atoms with Crippen molar-refractivity contribution in [2.24, 2.45) is 5.10 Å². The van der Waals surface area contributed by atoms with E-state index < -0.39 is 22.1 Å². The topological polar surface area (TPSA) is 160 Å². The van der Waals surface area contributed by atoms with Gasteiger partial charge in [-0.3, -0.25) is 15.5 Å². The molecule has 27 heavy (non-hydrogen) atoms. The second-order valence-corrected chi connectivity index (χ2v) is 5.91. The van der Waals surface area contributed by atoms with Crippen LogP contribution in [0.2, 0.25) is 0 Å². The van der Waals surface area contributed by atoms with E-state index in [9.17, 15) is 20.2 Å². The summed E-state index contributed by atoms with van der Waals surface area (Å²) >= 11 is 0. The molecule has 1 aromatic heterocycles. The van der Waals surface area contributed by atoms with E-state index in [0.29, 0.717) is 24.4 Å². The molecule has 2 aromatic rings. The first kappa shape index (κ1) is 17.0. The minimum absolute atomic E-state index is 0.0241. The summed E-state index contributed by atoms with van der Waals surface area (Å²) in [7, 11) is 0. The highest BCUT2D eigenvalue weighted by Crippen LogP contribution is 2.33. The lowest BCUT2D eigenvalue weighted by atomic mass is 10.0. The van der Waals surface area contributed by atoms with Crippen molar-refractivity contribution in [1.82, 2.24) is 14.8 Å². The van der Waals surface area contributed by atoms with Crippen LogP contribution in [-0.4, -0.2) is 49.3 Å². The van der Waals surface area contributed by atoms with Crippen LogP contribution in [0, 0.1) is 20.2 Å². The van der Waals surface area contributed by atoms with Gasteiger partial charge in [0.2, 0.25) is 6.33 Å². The fourth-order valence-electron chi connectivity index (χ4n) is 2.90. The van der Waals surface area contributed by atoms with Crippen LogP contribution in [0.1, 0.15) is 12.5 Å². The number of fused-ring (bicyclic) bond motifs is 2. The third-order valence-corrected chi connectivity index (χ3v) is 4.24. The number of ether oxygens (including phenoxy) is 2. The van der Waals surface area contributed by atoms with Gasteiger partial charge in [0, 0.05) is 23.7 Å². The number of anilines is 1. The number of nitro groups is 2. The molecule has 13 heteroatoms. The maximum absolute atomic E-state index is 10.8. The molecule has 0 aliphatic carbocycles. The van der Waals surface area contributed by atoms with Gasteiger partial charge in [0.25, 0.3) is 5.69 Å². The normalized spacial score (nSPS) is 25.5. The molecule has 1 aromatic carbocycles. The van der Waals surface area contributed by atoms with Crippen molar-refractivity contribution in [3.05, 3.63) is 50.8 Å². The quantitative estimate of drug-likeness (QED) is 0.599. The average Bonchev–Trinajstić information content (AvgIpc) is 3.30. The van der Waals surface area contributed by atoms with Crippen molar-refractivity contribution >= 4 is 23.0 Å². The molecule has 2 saturated heterocycles. The molecular weight excluding hydrogens is 362 g/mol. The Kier molecular flexibility index (Phi) is 4.21. The first-order chi connectivity index (χ1) is 13.0. The predicted octanol–water partition coefficient (Wildman–Crippen LogP) is 1.25. The van der Waals surface area contributed by atoms with Crippen molar-refractivity contribution in [1.29, 1.82) is 0 Å². The maximum atomic E-state index is 10.8. The molecule has 1 N–H and O–H groups in total. The Morgan fingerprint density at radius 2 is 2.00 bits per heavy atom. The van der Waals surface area contributed by atoms with Crippen molar-refractivity contribution in [3.63, 3.8) is 0 Å². The third-order valence-electron chi connectivity index (χ3n) is 4.24. The van der Waals surface area contributed by atoms with Crippen molar-refractivity contribution in [2.75, 3.05) is 12.0 Å². The van der Waals surface area contributed by atoms with Gasteiger partial charge >= 0.3 is 5.95 Å². The number of aromatic nitrogens is 3. The van der Waals surface area contributed by atoms with Crippen molar-refractivity contribution in [3.8, 4) is 0 Å². The van der Waals surface area contributed by atoms with Crippen LogP contribution in [0.25, 0.3) is 0 Å². The zero-order valence-corrected chi connectivity index (χ0v) is 13.7. The van der Waals surface area contributed by atoms with Crippen LogP contribution in [0.15, 0.2) is 35.7 Å². The Bertz CT molecular complexity index is 911. The Morgan fingerprint density at radius 1 is 1.22 bits per heavy atom. The lowest BCUT2D eigenvalue weighted by molar-refractivity contribution is -0.394. The summed E-state index contributed by atoms with van der Waals surface area (Å²) in [5.74, 6) is -0.487. The lowest BCUT2D eigenvalue weighted by Gasteiger charge is -2.26. The smallest absolute Gasteiger partial charge is 0.390 e. The van der Waals surface area contributed by atoms with Crippen LogP contribution in [0.4, 0.5) is 17.3 Å². The molecule has 13 nitrogen and oxygen atoms in total. The minimum Gasteiger partial charge on any atom is -0.390 e. The molecular formula is C14H13N7O6. The minimum atomic E-state index is -0.667. The monoisotopic (exact) mass is 375 g/mol.